The van der Waals surface area contributed by atoms with Crippen LogP contribution in [0.25, 0.3) is 0 Å². The molecule has 110 valence electrons. The van der Waals surface area contributed by atoms with Crippen LogP contribution in [-0.2, 0) is 19.2 Å². The van der Waals surface area contributed by atoms with E-state index in [1.807, 2.05) is 6.92 Å². The highest BCUT2D eigenvalue weighted by atomic mass is 16.2. The molecule has 0 unspecified atom stereocenters. The Hall–Kier alpha value is -1.80. The number of carbonyl (C=O) groups excluding carboxylic acids is 4. The number of piperazine rings is 2. The van der Waals surface area contributed by atoms with Crippen molar-refractivity contribution in [3.05, 3.63) is 0 Å². The van der Waals surface area contributed by atoms with Gasteiger partial charge < -0.3 is 0 Å². The molecule has 2 N–H and O–H groups in total. The molecule has 2 heterocycles. The van der Waals surface area contributed by atoms with Crippen molar-refractivity contribution in [2.75, 3.05) is 32.7 Å². The van der Waals surface area contributed by atoms with Gasteiger partial charge in [0.15, 0.2) is 0 Å². The molecule has 2 aliphatic heterocycles. The van der Waals surface area contributed by atoms with Crippen LogP contribution in [-0.4, -0.2) is 72.2 Å². The van der Waals surface area contributed by atoms with Crippen molar-refractivity contribution in [1.82, 2.24) is 20.4 Å². The fourth-order valence-electron chi connectivity index (χ4n) is 2.54. The van der Waals surface area contributed by atoms with Crippen LogP contribution < -0.4 is 10.6 Å². The van der Waals surface area contributed by atoms with Crippen molar-refractivity contribution >= 4 is 23.6 Å². The zero-order valence-corrected chi connectivity index (χ0v) is 11.3. The van der Waals surface area contributed by atoms with E-state index in [4.69, 9.17) is 0 Å². The number of amides is 4. The van der Waals surface area contributed by atoms with Gasteiger partial charge in [-0.2, -0.15) is 0 Å². The van der Waals surface area contributed by atoms with Crippen molar-refractivity contribution in [3.63, 3.8) is 0 Å². The van der Waals surface area contributed by atoms with Crippen LogP contribution in [0.3, 0.4) is 0 Å². The van der Waals surface area contributed by atoms with Gasteiger partial charge in [-0.05, 0) is 6.42 Å². The van der Waals surface area contributed by atoms with E-state index in [1.165, 1.54) is 0 Å². The van der Waals surface area contributed by atoms with Gasteiger partial charge in [-0.25, -0.2) is 0 Å². The van der Waals surface area contributed by atoms with Gasteiger partial charge in [-0.3, -0.25) is 39.6 Å². The van der Waals surface area contributed by atoms with Gasteiger partial charge >= 0.3 is 0 Å². The standard InChI is InChI=1S/C12H18N4O4/c1-2-8(16-6-11(19)14-12(20)7-16)3-15-4-9(17)13-10(18)5-15/h8H,2-7H2,1H3,(H,13,17,18)(H,14,19,20)/t8-/m1/s1. The summed E-state index contributed by atoms with van der Waals surface area (Å²) in [5.74, 6) is -1.26. The maximum atomic E-state index is 11.4. The van der Waals surface area contributed by atoms with E-state index < -0.39 is 0 Å². The third-order valence-electron chi connectivity index (χ3n) is 3.44. The summed E-state index contributed by atoms with van der Waals surface area (Å²) >= 11 is 0. The van der Waals surface area contributed by atoms with E-state index in [0.717, 1.165) is 6.42 Å². The summed E-state index contributed by atoms with van der Waals surface area (Å²) in [6.45, 7) is 3.09. The Morgan fingerprint density at radius 2 is 1.35 bits per heavy atom. The van der Waals surface area contributed by atoms with Crippen molar-refractivity contribution in [1.29, 1.82) is 0 Å². The van der Waals surface area contributed by atoms with Crippen molar-refractivity contribution in [2.45, 2.75) is 19.4 Å². The summed E-state index contributed by atoms with van der Waals surface area (Å²) in [6, 6.07) is -0.0382. The molecule has 20 heavy (non-hydrogen) atoms. The third-order valence-corrected chi connectivity index (χ3v) is 3.44. The van der Waals surface area contributed by atoms with E-state index in [1.54, 1.807) is 9.80 Å². The summed E-state index contributed by atoms with van der Waals surface area (Å²) in [7, 11) is 0. The molecule has 0 saturated carbocycles. The Morgan fingerprint density at radius 3 is 1.80 bits per heavy atom. The second kappa shape index (κ2) is 6.10. The quantitative estimate of drug-likeness (QED) is 0.562. The van der Waals surface area contributed by atoms with Gasteiger partial charge in [0.05, 0.1) is 26.2 Å². The van der Waals surface area contributed by atoms with Crippen molar-refractivity contribution in [3.8, 4) is 0 Å². The van der Waals surface area contributed by atoms with Gasteiger partial charge in [0.1, 0.15) is 0 Å². The fourth-order valence-corrected chi connectivity index (χ4v) is 2.54. The summed E-state index contributed by atoms with van der Waals surface area (Å²) in [5.41, 5.74) is 0. The molecule has 4 amide bonds. The molecule has 0 aliphatic carbocycles. The number of imide groups is 2. The first-order valence-corrected chi connectivity index (χ1v) is 6.59. The average molecular weight is 282 g/mol. The maximum absolute atomic E-state index is 11.4. The molecule has 2 saturated heterocycles. The molecule has 8 heteroatoms. The lowest BCUT2D eigenvalue weighted by molar-refractivity contribution is -0.140. The van der Waals surface area contributed by atoms with Crippen LogP contribution in [0.2, 0.25) is 0 Å². The van der Waals surface area contributed by atoms with Crippen LogP contribution in [0.15, 0.2) is 0 Å². The monoisotopic (exact) mass is 282 g/mol. The maximum Gasteiger partial charge on any atom is 0.240 e. The van der Waals surface area contributed by atoms with E-state index in [2.05, 4.69) is 10.6 Å². The normalized spacial score (nSPS) is 23.4. The summed E-state index contributed by atoms with van der Waals surface area (Å²) < 4.78 is 0. The molecule has 0 aromatic carbocycles. The minimum absolute atomic E-state index is 0.0382. The Balaban J connectivity index is 1.97. The zero-order valence-electron chi connectivity index (χ0n) is 11.3. The number of hydrogen-bond donors (Lipinski definition) is 2. The molecular weight excluding hydrogens is 264 g/mol. The van der Waals surface area contributed by atoms with Crippen LogP contribution in [0.1, 0.15) is 13.3 Å². The Labute approximate surface area is 116 Å². The van der Waals surface area contributed by atoms with Crippen LogP contribution >= 0.6 is 0 Å². The first-order valence-electron chi connectivity index (χ1n) is 6.59. The van der Waals surface area contributed by atoms with Gasteiger partial charge in [0.2, 0.25) is 23.6 Å². The predicted octanol–water partition coefficient (Wildman–Crippen LogP) is -2.32. The predicted molar refractivity (Wildman–Crippen MR) is 68.4 cm³/mol. The molecule has 2 aliphatic rings. The van der Waals surface area contributed by atoms with Crippen LogP contribution in [0.4, 0.5) is 0 Å². The SMILES string of the molecule is CC[C@H](CN1CC(=O)NC(=O)C1)N1CC(=O)NC(=O)C1. The smallest absolute Gasteiger partial charge is 0.240 e. The lowest BCUT2D eigenvalue weighted by Crippen LogP contribution is -2.59. The number of hydrogen-bond acceptors (Lipinski definition) is 6. The van der Waals surface area contributed by atoms with Crippen LogP contribution in [0, 0.1) is 0 Å². The molecule has 1 atom stereocenters. The molecular formula is C12H18N4O4. The number of nitrogens with one attached hydrogen (secondary N) is 2. The van der Waals surface area contributed by atoms with Gasteiger partial charge in [-0.15, -0.1) is 0 Å². The molecule has 0 aromatic rings. The molecule has 0 radical (unpaired) electrons. The number of nitrogens with zero attached hydrogens (tertiary/aromatic N) is 2. The highest BCUT2D eigenvalue weighted by Crippen LogP contribution is 2.10. The molecule has 0 spiro atoms. The molecule has 2 fully saturated rings. The highest BCUT2D eigenvalue weighted by Gasteiger charge is 2.31. The first-order chi connectivity index (χ1) is 9.47. The largest absolute Gasteiger partial charge is 0.294 e. The van der Waals surface area contributed by atoms with Crippen molar-refractivity contribution < 1.29 is 19.2 Å². The third kappa shape index (κ3) is 3.61. The van der Waals surface area contributed by atoms with E-state index >= 15 is 0 Å². The van der Waals surface area contributed by atoms with Gasteiger partial charge in [-0.1, -0.05) is 6.92 Å². The van der Waals surface area contributed by atoms with Gasteiger partial charge in [0.25, 0.3) is 0 Å². The Morgan fingerprint density at radius 1 is 0.900 bits per heavy atom. The van der Waals surface area contributed by atoms with E-state index in [0.29, 0.717) is 6.54 Å². The minimum Gasteiger partial charge on any atom is -0.294 e. The molecule has 0 aromatic heterocycles. The van der Waals surface area contributed by atoms with E-state index in [-0.39, 0.29) is 55.8 Å². The minimum atomic E-state index is -0.316. The Bertz CT molecular complexity index is 419. The first kappa shape index (κ1) is 14.6. The molecule has 2 rings (SSSR count). The summed E-state index contributed by atoms with van der Waals surface area (Å²) in [4.78, 5) is 49.0. The van der Waals surface area contributed by atoms with Crippen LogP contribution in [0.5, 0.6) is 0 Å². The summed E-state index contributed by atoms with van der Waals surface area (Å²) in [6.07, 6.45) is 0.729. The lowest BCUT2D eigenvalue weighted by atomic mass is 10.1. The number of carbonyl (C=O) groups is 4. The van der Waals surface area contributed by atoms with Crippen molar-refractivity contribution in [2.24, 2.45) is 0 Å². The molecule has 0 bridgehead atoms. The fraction of sp³-hybridized carbons (Fsp3) is 0.667. The highest BCUT2D eigenvalue weighted by molar-refractivity contribution is 6.00. The Kier molecular flexibility index (Phi) is 4.46. The topological polar surface area (TPSA) is 98.8 Å². The number of rotatable bonds is 4. The summed E-state index contributed by atoms with van der Waals surface area (Å²) in [5, 5.41) is 4.50. The van der Waals surface area contributed by atoms with Gasteiger partial charge in [0, 0.05) is 12.6 Å². The zero-order chi connectivity index (χ0) is 14.7. The molecule has 8 nitrogen and oxygen atoms in total. The second-order valence-electron chi connectivity index (χ2n) is 5.08. The average Bonchev–Trinajstić information content (AvgIpc) is 2.33. The second-order valence-corrected chi connectivity index (χ2v) is 5.08. The lowest BCUT2D eigenvalue weighted by Gasteiger charge is -2.36. The van der Waals surface area contributed by atoms with E-state index in [9.17, 15) is 19.2 Å².